The summed E-state index contributed by atoms with van der Waals surface area (Å²) in [7, 11) is 3.95. The van der Waals surface area contributed by atoms with E-state index in [1.807, 2.05) is 23.9 Å². The molecule has 0 radical (unpaired) electrons. The van der Waals surface area contributed by atoms with Crippen LogP contribution in [0.4, 0.5) is 6.01 Å². The number of β-amino-alcohol motifs (C(OH)–C–C–N with tert-alkyl or cyclic N) is 1. The molecule has 0 spiro atoms. The quantitative estimate of drug-likeness (QED) is 0.781. The van der Waals surface area contributed by atoms with Crippen molar-refractivity contribution < 1.29 is 19.1 Å². The topological polar surface area (TPSA) is 79.0 Å². The van der Waals surface area contributed by atoms with Gasteiger partial charge in [0, 0.05) is 19.1 Å². The summed E-state index contributed by atoms with van der Waals surface area (Å²) in [6.45, 7) is 3.28. The maximum Gasteiger partial charge on any atom is 0.360 e. The molecule has 2 rings (SSSR count). The highest BCUT2D eigenvalue weighted by atomic mass is 16.5. The molecule has 112 valence electrons. The van der Waals surface area contributed by atoms with Gasteiger partial charge < -0.3 is 24.1 Å². The Morgan fingerprint density at radius 3 is 3.05 bits per heavy atom. The molecule has 1 aliphatic rings. The Morgan fingerprint density at radius 2 is 2.40 bits per heavy atom. The lowest BCUT2D eigenvalue weighted by Gasteiger charge is -2.25. The highest BCUT2D eigenvalue weighted by Gasteiger charge is 2.34. The molecular weight excluding hydrogens is 262 g/mol. The molecule has 0 amide bonds. The SMILES string of the molecule is CCOC(=O)c1coc(N2CC(O)CC2CN(C)C)n1. The molecule has 20 heavy (non-hydrogen) atoms. The molecular formula is C13H21N3O4. The fourth-order valence-corrected chi connectivity index (χ4v) is 2.42. The molecule has 7 heteroatoms. The van der Waals surface area contributed by atoms with E-state index >= 15 is 0 Å². The number of rotatable bonds is 5. The van der Waals surface area contributed by atoms with E-state index in [1.54, 1.807) is 6.92 Å². The van der Waals surface area contributed by atoms with Gasteiger partial charge in [0.2, 0.25) is 0 Å². The summed E-state index contributed by atoms with van der Waals surface area (Å²) in [4.78, 5) is 19.7. The number of aliphatic hydroxyl groups is 1. The zero-order valence-corrected chi connectivity index (χ0v) is 12.1. The maximum absolute atomic E-state index is 11.6. The third-order valence-corrected chi connectivity index (χ3v) is 3.19. The average Bonchev–Trinajstić information content (AvgIpc) is 2.95. The van der Waals surface area contributed by atoms with Gasteiger partial charge in [-0.05, 0) is 27.4 Å². The number of likely N-dealkylation sites (N-methyl/N-ethyl adjacent to an activating group) is 1. The summed E-state index contributed by atoms with van der Waals surface area (Å²) in [6, 6.07) is 0.477. The van der Waals surface area contributed by atoms with E-state index in [0.717, 1.165) is 6.54 Å². The lowest BCUT2D eigenvalue weighted by atomic mass is 10.2. The first kappa shape index (κ1) is 14.8. The molecule has 1 saturated heterocycles. The van der Waals surface area contributed by atoms with Crippen molar-refractivity contribution in [1.29, 1.82) is 0 Å². The highest BCUT2D eigenvalue weighted by molar-refractivity contribution is 5.87. The van der Waals surface area contributed by atoms with Crippen molar-refractivity contribution in [3.63, 3.8) is 0 Å². The molecule has 2 heterocycles. The number of esters is 1. The van der Waals surface area contributed by atoms with Gasteiger partial charge in [0.15, 0.2) is 5.69 Å². The Labute approximate surface area is 118 Å². The Bertz CT molecular complexity index is 460. The predicted molar refractivity (Wildman–Crippen MR) is 72.8 cm³/mol. The van der Waals surface area contributed by atoms with E-state index in [-0.39, 0.29) is 11.7 Å². The lowest BCUT2D eigenvalue weighted by Crippen LogP contribution is -2.37. The Hall–Kier alpha value is -1.60. The second-order valence-electron chi connectivity index (χ2n) is 5.19. The van der Waals surface area contributed by atoms with Crippen LogP contribution in [0.15, 0.2) is 10.7 Å². The Morgan fingerprint density at radius 1 is 1.65 bits per heavy atom. The second-order valence-corrected chi connectivity index (χ2v) is 5.19. The third kappa shape index (κ3) is 3.29. The molecule has 1 aromatic heterocycles. The van der Waals surface area contributed by atoms with E-state index in [2.05, 4.69) is 4.98 Å². The number of carbonyl (C=O) groups is 1. The van der Waals surface area contributed by atoms with Crippen LogP contribution >= 0.6 is 0 Å². The van der Waals surface area contributed by atoms with Crippen LogP contribution in [0, 0.1) is 0 Å². The van der Waals surface area contributed by atoms with E-state index in [9.17, 15) is 9.90 Å². The number of anilines is 1. The van der Waals surface area contributed by atoms with Gasteiger partial charge in [0.1, 0.15) is 6.26 Å². The monoisotopic (exact) mass is 283 g/mol. The van der Waals surface area contributed by atoms with Gasteiger partial charge in [0.25, 0.3) is 6.01 Å². The van der Waals surface area contributed by atoms with Crippen LogP contribution < -0.4 is 4.90 Å². The average molecular weight is 283 g/mol. The van der Waals surface area contributed by atoms with Crippen LogP contribution in [-0.2, 0) is 4.74 Å². The molecule has 1 aliphatic heterocycles. The first-order valence-electron chi connectivity index (χ1n) is 6.73. The van der Waals surface area contributed by atoms with Gasteiger partial charge in [-0.15, -0.1) is 0 Å². The first-order valence-corrected chi connectivity index (χ1v) is 6.73. The zero-order valence-electron chi connectivity index (χ0n) is 12.1. The van der Waals surface area contributed by atoms with Crippen LogP contribution in [0.1, 0.15) is 23.8 Å². The molecule has 0 bridgehead atoms. The second kappa shape index (κ2) is 6.23. The maximum atomic E-state index is 11.6. The minimum absolute atomic E-state index is 0.119. The summed E-state index contributed by atoms with van der Waals surface area (Å²) in [5, 5.41) is 9.82. The molecule has 1 aromatic rings. The normalized spacial score (nSPS) is 22.6. The van der Waals surface area contributed by atoms with Gasteiger partial charge in [-0.2, -0.15) is 4.98 Å². The number of aromatic nitrogens is 1. The van der Waals surface area contributed by atoms with Gasteiger partial charge in [-0.25, -0.2) is 4.79 Å². The van der Waals surface area contributed by atoms with Crippen molar-refractivity contribution in [3.8, 4) is 0 Å². The summed E-state index contributed by atoms with van der Waals surface area (Å²) >= 11 is 0. The fourth-order valence-electron chi connectivity index (χ4n) is 2.42. The van der Waals surface area contributed by atoms with E-state index < -0.39 is 12.1 Å². The van der Waals surface area contributed by atoms with E-state index in [1.165, 1.54) is 6.26 Å². The molecule has 0 aliphatic carbocycles. The molecule has 2 atom stereocenters. The van der Waals surface area contributed by atoms with Crippen LogP contribution in [0.5, 0.6) is 0 Å². The van der Waals surface area contributed by atoms with Crippen molar-refractivity contribution in [1.82, 2.24) is 9.88 Å². The number of aliphatic hydroxyl groups excluding tert-OH is 1. The van der Waals surface area contributed by atoms with E-state index in [0.29, 0.717) is 25.6 Å². The third-order valence-electron chi connectivity index (χ3n) is 3.19. The molecule has 7 nitrogen and oxygen atoms in total. The van der Waals surface area contributed by atoms with Gasteiger partial charge in [0.05, 0.1) is 12.7 Å². The fraction of sp³-hybridized carbons (Fsp3) is 0.692. The molecule has 1 N–H and O–H groups in total. The van der Waals surface area contributed by atoms with Crippen LogP contribution in [0.25, 0.3) is 0 Å². The Balaban J connectivity index is 2.11. The van der Waals surface area contributed by atoms with Gasteiger partial charge in [-0.1, -0.05) is 0 Å². The van der Waals surface area contributed by atoms with Crippen molar-refractivity contribution >= 4 is 12.0 Å². The number of hydrogen-bond acceptors (Lipinski definition) is 7. The van der Waals surface area contributed by atoms with Crippen molar-refractivity contribution in [2.75, 3.05) is 38.7 Å². The van der Waals surface area contributed by atoms with E-state index in [4.69, 9.17) is 9.15 Å². The number of hydrogen-bond donors (Lipinski definition) is 1. The molecule has 0 saturated carbocycles. The number of carbonyl (C=O) groups excluding carboxylic acids is 1. The van der Waals surface area contributed by atoms with Crippen LogP contribution in [-0.4, -0.2) is 66.9 Å². The van der Waals surface area contributed by atoms with Crippen molar-refractivity contribution in [3.05, 3.63) is 12.0 Å². The Kier molecular flexibility index (Phi) is 4.61. The summed E-state index contributed by atoms with van der Waals surface area (Å²) < 4.78 is 10.2. The summed E-state index contributed by atoms with van der Waals surface area (Å²) in [5.74, 6) is -0.494. The molecule has 2 unspecified atom stereocenters. The number of oxazole rings is 1. The van der Waals surface area contributed by atoms with Gasteiger partial charge >= 0.3 is 5.97 Å². The summed E-state index contributed by atoms with van der Waals surface area (Å²) in [6.07, 6.45) is 1.55. The first-order chi connectivity index (χ1) is 9.51. The smallest absolute Gasteiger partial charge is 0.360 e. The van der Waals surface area contributed by atoms with Gasteiger partial charge in [-0.3, -0.25) is 0 Å². The standard InChI is InChI=1S/C13H21N3O4/c1-4-19-12(18)11-8-20-13(14-11)16-7-10(17)5-9(16)6-15(2)3/h8-10,17H,4-7H2,1-3H3. The van der Waals surface area contributed by atoms with Crippen molar-refractivity contribution in [2.24, 2.45) is 0 Å². The molecule has 1 fully saturated rings. The molecule has 0 aromatic carbocycles. The lowest BCUT2D eigenvalue weighted by molar-refractivity contribution is 0.0519. The van der Waals surface area contributed by atoms with Crippen LogP contribution in [0.3, 0.4) is 0 Å². The highest BCUT2D eigenvalue weighted by Crippen LogP contribution is 2.25. The summed E-state index contributed by atoms with van der Waals surface area (Å²) in [5.41, 5.74) is 0.159. The van der Waals surface area contributed by atoms with Crippen molar-refractivity contribution in [2.45, 2.75) is 25.5 Å². The van der Waals surface area contributed by atoms with Crippen LogP contribution in [0.2, 0.25) is 0 Å². The largest absolute Gasteiger partial charge is 0.461 e. The minimum atomic E-state index is -0.494. The minimum Gasteiger partial charge on any atom is -0.461 e. The predicted octanol–water partition coefficient (Wildman–Crippen LogP) is 0.352. The number of ether oxygens (including phenoxy) is 1. The number of nitrogens with zero attached hydrogens (tertiary/aromatic N) is 3. The zero-order chi connectivity index (χ0) is 14.7.